The standard InChI is InChI=1S/C10H18O9/c1-18-9(8(16)5(14)2-11)7(4-13)19-10(17)6(15)3-12/h4-9,11-12,14-16H,2-3H2,1H3/t5-,6?,7+,8-,9-/m1/s1. The number of aliphatic hydroxyl groups excluding tert-OH is 5. The molecule has 0 aliphatic carbocycles. The number of ether oxygens (including phenoxy) is 2. The van der Waals surface area contributed by atoms with Crippen molar-refractivity contribution >= 4 is 12.3 Å². The Bertz CT molecular complexity index is 282. The molecule has 0 bridgehead atoms. The van der Waals surface area contributed by atoms with E-state index in [4.69, 9.17) is 20.1 Å². The summed E-state index contributed by atoms with van der Waals surface area (Å²) >= 11 is 0. The Labute approximate surface area is 109 Å². The summed E-state index contributed by atoms with van der Waals surface area (Å²) in [4.78, 5) is 22.0. The summed E-state index contributed by atoms with van der Waals surface area (Å²) in [6, 6.07) is 0. The maximum Gasteiger partial charge on any atom is 0.338 e. The van der Waals surface area contributed by atoms with Gasteiger partial charge in [-0.3, -0.25) is 4.79 Å². The second kappa shape index (κ2) is 8.91. The van der Waals surface area contributed by atoms with Crippen molar-refractivity contribution in [3.63, 3.8) is 0 Å². The molecule has 5 N–H and O–H groups in total. The molecule has 0 saturated heterocycles. The first-order chi connectivity index (χ1) is 8.92. The van der Waals surface area contributed by atoms with Crippen LogP contribution < -0.4 is 0 Å². The van der Waals surface area contributed by atoms with Gasteiger partial charge < -0.3 is 35.0 Å². The number of methoxy groups -OCH3 is 1. The first-order valence-electron chi connectivity index (χ1n) is 5.37. The SMILES string of the molecule is CO[C@@H]([C@H](O)[C@H](O)CO)[C@H](C=O)OC(=O)C(O)CO. The van der Waals surface area contributed by atoms with Crippen LogP contribution >= 0.6 is 0 Å². The zero-order valence-corrected chi connectivity index (χ0v) is 10.2. The summed E-state index contributed by atoms with van der Waals surface area (Å²) in [5, 5.41) is 45.0. The van der Waals surface area contributed by atoms with E-state index in [1.807, 2.05) is 0 Å². The normalized spacial score (nSPS) is 19.1. The average molecular weight is 282 g/mol. The van der Waals surface area contributed by atoms with E-state index in [0.29, 0.717) is 0 Å². The Kier molecular flexibility index (Phi) is 8.39. The van der Waals surface area contributed by atoms with Gasteiger partial charge in [-0.25, -0.2) is 4.79 Å². The first kappa shape index (κ1) is 17.9. The lowest BCUT2D eigenvalue weighted by molar-refractivity contribution is -0.179. The number of carbonyl (C=O) groups excluding carboxylic acids is 2. The third-order valence-electron chi connectivity index (χ3n) is 2.35. The molecule has 0 spiro atoms. The molecule has 0 heterocycles. The molecule has 0 amide bonds. The molecule has 0 fully saturated rings. The third kappa shape index (κ3) is 5.19. The van der Waals surface area contributed by atoms with Crippen LogP contribution in [0.1, 0.15) is 0 Å². The lowest BCUT2D eigenvalue weighted by Gasteiger charge is -2.28. The van der Waals surface area contributed by atoms with Crippen molar-refractivity contribution < 1.29 is 44.6 Å². The van der Waals surface area contributed by atoms with Crippen molar-refractivity contribution in [1.82, 2.24) is 0 Å². The van der Waals surface area contributed by atoms with Crippen LogP contribution in [0.25, 0.3) is 0 Å². The van der Waals surface area contributed by atoms with Crippen LogP contribution in [-0.4, -0.2) is 88.6 Å². The Morgan fingerprint density at radius 3 is 2.16 bits per heavy atom. The van der Waals surface area contributed by atoms with Crippen molar-refractivity contribution in [1.29, 1.82) is 0 Å². The van der Waals surface area contributed by atoms with Gasteiger partial charge in [0.2, 0.25) is 0 Å². The molecule has 0 rings (SSSR count). The highest BCUT2D eigenvalue weighted by Crippen LogP contribution is 2.11. The van der Waals surface area contributed by atoms with E-state index < -0.39 is 49.7 Å². The maximum absolute atomic E-state index is 11.2. The largest absolute Gasteiger partial charge is 0.450 e. The molecule has 0 aromatic heterocycles. The van der Waals surface area contributed by atoms with Crippen molar-refractivity contribution in [3.05, 3.63) is 0 Å². The van der Waals surface area contributed by atoms with E-state index in [2.05, 4.69) is 4.74 Å². The molecule has 1 unspecified atom stereocenters. The number of aldehydes is 1. The van der Waals surface area contributed by atoms with E-state index in [1.165, 1.54) is 0 Å². The molecular weight excluding hydrogens is 264 g/mol. The van der Waals surface area contributed by atoms with Crippen molar-refractivity contribution in [2.75, 3.05) is 20.3 Å². The van der Waals surface area contributed by atoms with Gasteiger partial charge in [0.05, 0.1) is 13.2 Å². The highest BCUT2D eigenvalue weighted by Gasteiger charge is 2.36. The van der Waals surface area contributed by atoms with Gasteiger partial charge in [0, 0.05) is 7.11 Å². The van der Waals surface area contributed by atoms with E-state index in [9.17, 15) is 19.8 Å². The topological polar surface area (TPSA) is 154 Å². The van der Waals surface area contributed by atoms with E-state index in [0.717, 1.165) is 7.11 Å². The smallest absolute Gasteiger partial charge is 0.338 e. The predicted octanol–water partition coefficient (Wildman–Crippen LogP) is -3.82. The zero-order chi connectivity index (χ0) is 15.0. The van der Waals surface area contributed by atoms with Gasteiger partial charge in [-0.05, 0) is 0 Å². The van der Waals surface area contributed by atoms with E-state index >= 15 is 0 Å². The van der Waals surface area contributed by atoms with Crippen molar-refractivity contribution in [3.8, 4) is 0 Å². The predicted molar refractivity (Wildman–Crippen MR) is 58.9 cm³/mol. The van der Waals surface area contributed by atoms with Crippen LogP contribution in [0.5, 0.6) is 0 Å². The second-order valence-corrected chi connectivity index (χ2v) is 3.68. The monoisotopic (exact) mass is 282 g/mol. The van der Waals surface area contributed by atoms with E-state index in [-0.39, 0.29) is 6.29 Å². The van der Waals surface area contributed by atoms with Crippen LogP contribution in [0.15, 0.2) is 0 Å². The molecule has 9 nitrogen and oxygen atoms in total. The van der Waals surface area contributed by atoms with Crippen molar-refractivity contribution in [2.45, 2.75) is 30.5 Å². The third-order valence-corrected chi connectivity index (χ3v) is 2.35. The number of rotatable bonds is 9. The summed E-state index contributed by atoms with van der Waals surface area (Å²) in [5.74, 6) is -1.28. The molecule has 0 aliphatic heterocycles. The van der Waals surface area contributed by atoms with Crippen molar-refractivity contribution in [2.24, 2.45) is 0 Å². The van der Waals surface area contributed by atoms with Gasteiger partial charge in [-0.1, -0.05) is 0 Å². The summed E-state index contributed by atoms with van der Waals surface area (Å²) in [7, 11) is 1.09. The Hall–Kier alpha value is -1.10. The van der Waals surface area contributed by atoms with E-state index in [1.54, 1.807) is 0 Å². The van der Waals surface area contributed by atoms with Crippen LogP contribution in [0.2, 0.25) is 0 Å². The minimum absolute atomic E-state index is 0.128. The molecule has 5 atom stereocenters. The number of hydrogen-bond donors (Lipinski definition) is 5. The fourth-order valence-corrected chi connectivity index (χ4v) is 1.25. The van der Waals surface area contributed by atoms with Crippen LogP contribution in [-0.2, 0) is 19.1 Å². The highest BCUT2D eigenvalue weighted by molar-refractivity contribution is 5.77. The Morgan fingerprint density at radius 2 is 1.79 bits per heavy atom. The quantitative estimate of drug-likeness (QED) is 0.211. The lowest BCUT2D eigenvalue weighted by atomic mass is 10.0. The molecule has 0 aliphatic rings. The highest BCUT2D eigenvalue weighted by atomic mass is 16.6. The number of aliphatic hydroxyl groups is 5. The summed E-state index contributed by atoms with van der Waals surface area (Å²) in [5.41, 5.74) is 0. The molecule has 0 aromatic carbocycles. The summed E-state index contributed by atoms with van der Waals surface area (Å²) in [6.07, 6.45) is -8.05. The molecule has 112 valence electrons. The van der Waals surface area contributed by atoms with Crippen LogP contribution in [0.3, 0.4) is 0 Å². The minimum Gasteiger partial charge on any atom is -0.450 e. The number of hydrogen-bond acceptors (Lipinski definition) is 9. The number of esters is 1. The van der Waals surface area contributed by atoms with Crippen LogP contribution in [0.4, 0.5) is 0 Å². The molecule has 0 saturated carbocycles. The second-order valence-electron chi connectivity index (χ2n) is 3.68. The van der Waals surface area contributed by atoms with Gasteiger partial charge in [-0.15, -0.1) is 0 Å². The van der Waals surface area contributed by atoms with Gasteiger partial charge in [0.25, 0.3) is 0 Å². The summed E-state index contributed by atoms with van der Waals surface area (Å²) < 4.78 is 9.26. The summed E-state index contributed by atoms with van der Waals surface area (Å²) in [6.45, 7) is -1.69. The molecule has 0 radical (unpaired) electrons. The van der Waals surface area contributed by atoms with Gasteiger partial charge in [-0.2, -0.15) is 0 Å². The fourth-order valence-electron chi connectivity index (χ4n) is 1.25. The molecule has 0 aromatic rings. The van der Waals surface area contributed by atoms with Crippen LogP contribution in [0, 0.1) is 0 Å². The molecule has 9 heteroatoms. The first-order valence-corrected chi connectivity index (χ1v) is 5.37. The molecular formula is C10H18O9. The van der Waals surface area contributed by atoms with Gasteiger partial charge in [0.1, 0.15) is 18.3 Å². The Balaban J connectivity index is 4.79. The Morgan fingerprint density at radius 1 is 1.21 bits per heavy atom. The minimum atomic E-state index is -1.83. The average Bonchev–Trinajstić information content (AvgIpc) is 2.44. The number of carbonyl (C=O) groups is 2. The zero-order valence-electron chi connectivity index (χ0n) is 10.2. The van der Waals surface area contributed by atoms with Gasteiger partial charge in [0.15, 0.2) is 18.5 Å². The van der Waals surface area contributed by atoms with Gasteiger partial charge >= 0.3 is 5.97 Å². The maximum atomic E-state index is 11.2. The lowest BCUT2D eigenvalue weighted by Crippen LogP contribution is -2.50. The fraction of sp³-hybridized carbons (Fsp3) is 0.800. The molecule has 19 heavy (non-hydrogen) atoms.